The molecule has 1 atom stereocenters. The summed E-state index contributed by atoms with van der Waals surface area (Å²) in [6.45, 7) is 0. The Kier molecular flexibility index (Phi) is 2.96. The molecule has 84 valence electrons. The fourth-order valence-corrected chi connectivity index (χ4v) is 2.25. The van der Waals surface area contributed by atoms with Gasteiger partial charge in [0.25, 0.3) is 0 Å². The molecule has 0 saturated carbocycles. The number of hydrogen-bond donors (Lipinski definition) is 1. The summed E-state index contributed by atoms with van der Waals surface area (Å²) in [5.74, 6) is -1.09. The van der Waals surface area contributed by atoms with Crippen LogP contribution in [-0.4, -0.2) is 23.0 Å². The van der Waals surface area contributed by atoms with Crippen LogP contribution >= 0.6 is 15.9 Å². The number of rotatable bonds is 2. The zero-order valence-corrected chi connectivity index (χ0v) is 9.98. The molecule has 1 N–H and O–H groups in total. The molecule has 1 aromatic carbocycles. The third kappa shape index (κ3) is 1.95. The first-order valence-electron chi connectivity index (χ1n) is 4.90. The molecule has 2 rings (SSSR count). The molecule has 0 aliphatic carbocycles. The van der Waals surface area contributed by atoms with E-state index in [1.54, 1.807) is 18.2 Å². The summed E-state index contributed by atoms with van der Waals surface area (Å²) in [6.07, 6.45) is 0.671. The number of benzene rings is 1. The minimum absolute atomic E-state index is 0.134. The predicted octanol–water partition coefficient (Wildman–Crippen LogP) is 2.03. The zero-order chi connectivity index (χ0) is 11.7. The normalized spacial score (nSPS) is 20.2. The van der Waals surface area contributed by atoms with Crippen molar-refractivity contribution in [3.63, 3.8) is 0 Å². The zero-order valence-electron chi connectivity index (χ0n) is 8.39. The quantitative estimate of drug-likeness (QED) is 0.904. The second-order valence-corrected chi connectivity index (χ2v) is 4.55. The highest BCUT2D eigenvalue weighted by Gasteiger charge is 2.36. The second kappa shape index (κ2) is 4.25. The summed E-state index contributed by atoms with van der Waals surface area (Å²) in [6, 6.07) is 6.37. The van der Waals surface area contributed by atoms with Gasteiger partial charge in [-0.25, -0.2) is 4.79 Å². The van der Waals surface area contributed by atoms with Gasteiger partial charge in [0, 0.05) is 16.6 Å². The monoisotopic (exact) mass is 283 g/mol. The van der Waals surface area contributed by atoms with E-state index in [0.717, 1.165) is 4.47 Å². The fourth-order valence-electron chi connectivity index (χ4n) is 1.87. The van der Waals surface area contributed by atoms with Crippen molar-refractivity contribution in [2.45, 2.75) is 18.9 Å². The predicted molar refractivity (Wildman–Crippen MR) is 62.3 cm³/mol. The lowest BCUT2D eigenvalue weighted by Gasteiger charge is -2.21. The minimum Gasteiger partial charge on any atom is -0.480 e. The second-order valence-electron chi connectivity index (χ2n) is 3.64. The lowest BCUT2D eigenvalue weighted by atomic mass is 10.2. The van der Waals surface area contributed by atoms with Gasteiger partial charge < -0.3 is 5.11 Å². The average molecular weight is 284 g/mol. The molecule has 1 aromatic rings. The number of amides is 1. The Morgan fingerprint density at radius 1 is 1.50 bits per heavy atom. The van der Waals surface area contributed by atoms with Gasteiger partial charge in [-0.15, -0.1) is 0 Å². The molecule has 1 aliphatic heterocycles. The van der Waals surface area contributed by atoms with E-state index in [2.05, 4.69) is 15.9 Å². The van der Waals surface area contributed by atoms with Gasteiger partial charge in [-0.3, -0.25) is 9.69 Å². The van der Waals surface area contributed by atoms with E-state index in [-0.39, 0.29) is 5.91 Å². The molecule has 5 heteroatoms. The minimum atomic E-state index is -0.953. The van der Waals surface area contributed by atoms with E-state index < -0.39 is 12.0 Å². The SMILES string of the molecule is O=C(O)[C@@H]1CCC(=O)N1c1cccc(Br)c1. The number of carbonyl (C=O) groups excluding carboxylic acids is 1. The number of aliphatic carboxylic acids is 1. The van der Waals surface area contributed by atoms with Gasteiger partial charge in [0.2, 0.25) is 5.91 Å². The maximum Gasteiger partial charge on any atom is 0.326 e. The molecule has 1 saturated heterocycles. The highest BCUT2D eigenvalue weighted by atomic mass is 79.9. The average Bonchev–Trinajstić information content (AvgIpc) is 2.60. The lowest BCUT2D eigenvalue weighted by molar-refractivity contribution is -0.138. The number of carboxylic acid groups (broad SMARTS) is 1. The Morgan fingerprint density at radius 2 is 2.25 bits per heavy atom. The van der Waals surface area contributed by atoms with Crippen LogP contribution in [0.1, 0.15) is 12.8 Å². The maximum absolute atomic E-state index is 11.6. The van der Waals surface area contributed by atoms with Crippen LogP contribution in [0.5, 0.6) is 0 Å². The van der Waals surface area contributed by atoms with E-state index in [1.807, 2.05) is 6.07 Å². The number of carbonyl (C=O) groups is 2. The number of anilines is 1. The summed E-state index contributed by atoms with van der Waals surface area (Å²) in [7, 11) is 0. The molecule has 1 aliphatic rings. The molecule has 1 fully saturated rings. The molecule has 0 bridgehead atoms. The van der Waals surface area contributed by atoms with E-state index in [9.17, 15) is 9.59 Å². The number of nitrogens with zero attached hydrogens (tertiary/aromatic N) is 1. The first-order chi connectivity index (χ1) is 7.59. The Hall–Kier alpha value is -1.36. The van der Waals surface area contributed by atoms with Gasteiger partial charge in [0.1, 0.15) is 6.04 Å². The molecule has 0 radical (unpaired) electrons. The standard InChI is InChI=1S/C11H10BrNO3/c12-7-2-1-3-8(6-7)13-9(11(15)16)4-5-10(13)14/h1-3,6,9H,4-5H2,(H,15,16)/t9-/m0/s1. The maximum atomic E-state index is 11.6. The lowest BCUT2D eigenvalue weighted by Crippen LogP contribution is -2.38. The molecule has 0 aromatic heterocycles. The Morgan fingerprint density at radius 3 is 2.88 bits per heavy atom. The van der Waals surface area contributed by atoms with Crippen LogP contribution in [0.4, 0.5) is 5.69 Å². The van der Waals surface area contributed by atoms with Gasteiger partial charge >= 0.3 is 5.97 Å². The number of hydrogen-bond acceptors (Lipinski definition) is 2. The van der Waals surface area contributed by atoms with Crippen LogP contribution in [-0.2, 0) is 9.59 Å². The molecule has 1 amide bonds. The van der Waals surface area contributed by atoms with Crippen molar-refractivity contribution >= 4 is 33.5 Å². The van der Waals surface area contributed by atoms with Crippen molar-refractivity contribution < 1.29 is 14.7 Å². The summed E-state index contributed by atoms with van der Waals surface area (Å²) in [5.41, 5.74) is 0.629. The Balaban J connectivity index is 2.37. The largest absolute Gasteiger partial charge is 0.480 e. The van der Waals surface area contributed by atoms with E-state index in [4.69, 9.17) is 5.11 Å². The van der Waals surface area contributed by atoms with Crippen molar-refractivity contribution in [1.29, 1.82) is 0 Å². The molecular formula is C11H10BrNO3. The molecule has 0 unspecified atom stereocenters. The Labute approximate surface area is 101 Å². The molecule has 4 nitrogen and oxygen atoms in total. The molecule has 16 heavy (non-hydrogen) atoms. The highest BCUT2D eigenvalue weighted by Crippen LogP contribution is 2.28. The summed E-state index contributed by atoms with van der Waals surface area (Å²) >= 11 is 3.30. The molecular weight excluding hydrogens is 274 g/mol. The molecule has 0 spiro atoms. The van der Waals surface area contributed by atoms with Crippen LogP contribution in [0, 0.1) is 0 Å². The van der Waals surface area contributed by atoms with Gasteiger partial charge in [-0.05, 0) is 24.6 Å². The topological polar surface area (TPSA) is 57.6 Å². The Bertz CT molecular complexity index is 447. The van der Waals surface area contributed by atoms with Crippen molar-refractivity contribution in [3.8, 4) is 0 Å². The third-order valence-corrected chi connectivity index (χ3v) is 3.08. The molecule has 1 heterocycles. The first kappa shape index (κ1) is 11.1. The van der Waals surface area contributed by atoms with Crippen molar-refractivity contribution in [3.05, 3.63) is 28.7 Å². The fraction of sp³-hybridized carbons (Fsp3) is 0.273. The van der Waals surface area contributed by atoms with Gasteiger partial charge in [0.15, 0.2) is 0 Å². The van der Waals surface area contributed by atoms with Gasteiger partial charge in [0.05, 0.1) is 0 Å². The number of halogens is 1. The van der Waals surface area contributed by atoms with Crippen molar-refractivity contribution in [2.24, 2.45) is 0 Å². The van der Waals surface area contributed by atoms with E-state index >= 15 is 0 Å². The number of carboxylic acids is 1. The van der Waals surface area contributed by atoms with Gasteiger partial charge in [-0.2, -0.15) is 0 Å². The summed E-state index contributed by atoms with van der Waals surface area (Å²) in [5, 5.41) is 9.03. The van der Waals surface area contributed by atoms with Crippen LogP contribution in [0.2, 0.25) is 0 Å². The van der Waals surface area contributed by atoms with Crippen molar-refractivity contribution in [1.82, 2.24) is 0 Å². The summed E-state index contributed by atoms with van der Waals surface area (Å²) in [4.78, 5) is 24.0. The first-order valence-corrected chi connectivity index (χ1v) is 5.69. The van der Waals surface area contributed by atoms with Gasteiger partial charge in [-0.1, -0.05) is 22.0 Å². The van der Waals surface area contributed by atoms with Crippen LogP contribution in [0.3, 0.4) is 0 Å². The van der Waals surface area contributed by atoms with Crippen molar-refractivity contribution in [2.75, 3.05) is 4.90 Å². The van der Waals surface area contributed by atoms with Crippen LogP contribution in [0.15, 0.2) is 28.7 Å². The van der Waals surface area contributed by atoms with Crippen LogP contribution in [0.25, 0.3) is 0 Å². The van der Waals surface area contributed by atoms with E-state index in [1.165, 1.54) is 4.90 Å². The third-order valence-electron chi connectivity index (χ3n) is 2.58. The van der Waals surface area contributed by atoms with E-state index in [0.29, 0.717) is 18.5 Å². The highest BCUT2D eigenvalue weighted by molar-refractivity contribution is 9.10. The smallest absolute Gasteiger partial charge is 0.326 e. The summed E-state index contributed by atoms with van der Waals surface area (Å²) < 4.78 is 0.828. The van der Waals surface area contributed by atoms with Crippen LogP contribution < -0.4 is 4.90 Å².